The van der Waals surface area contributed by atoms with E-state index >= 15 is 0 Å². The maximum Gasteiger partial charge on any atom is 0.239 e. The number of carbonyl (C=O) groups is 1. The summed E-state index contributed by atoms with van der Waals surface area (Å²) >= 11 is 0. The highest BCUT2D eigenvalue weighted by molar-refractivity contribution is 5.85. The summed E-state index contributed by atoms with van der Waals surface area (Å²) in [6.07, 6.45) is 4.04. The van der Waals surface area contributed by atoms with Crippen LogP contribution in [0.2, 0.25) is 0 Å². The van der Waals surface area contributed by atoms with Crippen molar-refractivity contribution in [3.63, 3.8) is 0 Å². The third-order valence-corrected chi connectivity index (χ3v) is 4.25. The smallest absolute Gasteiger partial charge is 0.239 e. The summed E-state index contributed by atoms with van der Waals surface area (Å²) in [4.78, 5) is 12.0. The molecule has 0 radical (unpaired) electrons. The van der Waals surface area contributed by atoms with Crippen LogP contribution in [0.5, 0.6) is 0 Å². The van der Waals surface area contributed by atoms with E-state index in [0.29, 0.717) is 13.1 Å². The fourth-order valence-electron chi connectivity index (χ4n) is 2.63. The van der Waals surface area contributed by atoms with Gasteiger partial charge in [-0.15, -0.1) is 0 Å². The number of aryl methyl sites for hydroxylation is 1. The van der Waals surface area contributed by atoms with Crippen LogP contribution in [0.25, 0.3) is 10.9 Å². The molecule has 1 heterocycles. The third kappa shape index (κ3) is 2.43. The highest BCUT2D eigenvalue weighted by Gasteiger charge is 2.42. The van der Waals surface area contributed by atoms with Gasteiger partial charge >= 0.3 is 0 Å². The van der Waals surface area contributed by atoms with E-state index in [-0.39, 0.29) is 17.9 Å². The van der Waals surface area contributed by atoms with Crippen LogP contribution < -0.4 is 5.32 Å². The number of rotatable bonds is 5. The number of nitrogens with one attached hydrogen (secondary N) is 1. The Kier molecular flexibility index (Phi) is 3.26. The first-order chi connectivity index (χ1) is 9.63. The van der Waals surface area contributed by atoms with Crippen molar-refractivity contribution in [2.75, 3.05) is 13.2 Å². The van der Waals surface area contributed by atoms with E-state index in [1.165, 1.54) is 10.9 Å². The Bertz CT molecular complexity index is 641. The predicted molar refractivity (Wildman–Crippen MR) is 78.4 cm³/mol. The molecule has 0 spiro atoms. The average Bonchev–Trinajstić information content (AvgIpc) is 3.19. The molecular formula is C16H20N2O2. The molecule has 3 rings (SSSR count). The van der Waals surface area contributed by atoms with Gasteiger partial charge in [0.2, 0.25) is 5.91 Å². The minimum absolute atomic E-state index is 0.00507. The standard InChI is InChI=1S/C16H20N2O2/c1-12-8-18(14-5-3-2-4-13(12)14)9-15(20)17-10-16(11-19)6-7-16/h2-5,8,19H,6-7,9-11H2,1H3,(H,17,20). The lowest BCUT2D eigenvalue weighted by atomic mass is 10.1. The number of nitrogens with zero attached hydrogens (tertiary/aromatic N) is 1. The zero-order valence-electron chi connectivity index (χ0n) is 11.7. The van der Waals surface area contributed by atoms with E-state index in [9.17, 15) is 9.90 Å². The van der Waals surface area contributed by atoms with Gasteiger partial charge < -0.3 is 15.0 Å². The van der Waals surface area contributed by atoms with Crippen molar-refractivity contribution >= 4 is 16.8 Å². The first-order valence-corrected chi connectivity index (χ1v) is 7.06. The first-order valence-electron chi connectivity index (χ1n) is 7.06. The van der Waals surface area contributed by atoms with Gasteiger partial charge in [0, 0.05) is 29.1 Å². The molecule has 20 heavy (non-hydrogen) atoms. The second-order valence-electron chi connectivity index (χ2n) is 5.89. The molecule has 2 aromatic rings. The molecule has 1 saturated carbocycles. The molecule has 1 aromatic heterocycles. The summed E-state index contributed by atoms with van der Waals surface area (Å²) in [5.41, 5.74) is 2.23. The normalized spacial score (nSPS) is 16.3. The Morgan fingerprint density at radius 1 is 1.40 bits per heavy atom. The molecule has 1 aliphatic rings. The highest BCUT2D eigenvalue weighted by atomic mass is 16.3. The van der Waals surface area contributed by atoms with Crippen LogP contribution in [0.3, 0.4) is 0 Å². The minimum atomic E-state index is -0.0374. The number of carbonyl (C=O) groups excluding carboxylic acids is 1. The Balaban J connectivity index is 1.68. The summed E-state index contributed by atoms with van der Waals surface area (Å²) in [5.74, 6) is 0.00507. The van der Waals surface area contributed by atoms with E-state index in [0.717, 1.165) is 18.4 Å². The van der Waals surface area contributed by atoms with Gasteiger partial charge in [-0.2, -0.15) is 0 Å². The van der Waals surface area contributed by atoms with E-state index < -0.39 is 0 Å². The Labute approximate surface area is 118 Å². The van der Waals surface area contributed by atoms with E-state index in [1.54, 1.807) is 0 Å². The van der Waals surface area contributed by atoms with Crippen LogP contribution in [0.1, 0.15) is 18.4 Å². The van der Waals surface area contributed by atoms with Crippen molar-refractivity contribution in [1.82, 2.24) is 9.88 Å². The van der Waals surface area contributed by atoms with Gasteiger partial charge in [-0.05, 0) is 31.4 Å². The van der Waals surface area contributed by atoms with Gasteiger partial charge in [0.25, 0.3) is 0 Å². The lowest BCUT2D eigenvalue weighted by Gasteiger charge is -2.13. The SMILES string of the molecule is Cc1cn(CC(=O)NCC2(CO)CC2)c2ccccc12. The molecular weight excluding hydrogens is 252 g/mol. The zero-order chi connectivity index (χ0) is 14.2. The number of aromatic nitrogens is 1. The summed E-state index contributed by atoms with van der Waals surface area (Å²) < 4.78 is 1.98. The average molecular weight is 272 g/mol. The first kappa shape index (κ1) is 13.2. The maximum atomic E-state index is 12.0. The molecule has 1 aromatic carbocycles. The van der Waals surface area contributed by atoms with Crippen LogP contribution >= 0.6 is 0 Å². The van der Waals surface area contributed by atoms with Crippen molar-refractivity contribution < 1.29 is 9.90 Å². The molecule has 0 aliphatic heterocycles. The molecule has 0 unspecified atom stereocenters. The van der Waals surface area contributed by atoms with Gasteiger partial charge in [0.15, 0.2) is 0 Å². The predicted octanol–water partition coefficient (Wildman–Crippen LogP) is 1.84. The second-order valence-corrected chi connectivity index (χ2v) is 5.89. The number of aliphatic hydroxyl groups excluding tert-OH is 1. The Morgan fingerprint density at radius 3 is 2.85 bits per heavy atom. The van der Waals surface area contributed by atoms with E-state index in [4.69, 9.17) is 0 Å². The second kappa shape index (κ2) is 4.94. The molecule has 4 nitrogen and oxygen atoms in total. The largest absolute Gasteiger partial charge is 0.396 e. The van der Waals surface area contributed by atoms with Crippen LogP contribution in [0, 0.1) is 12.3 Å². The Morgan fingerprint density at radius 2 is 2.15 bits per heavy atom. The van der Waals surface area contributed by atoms with Gasteiger partial charge in [-0.25, -0.2) is 0 Å². The quantitative estimate of drug-likeness (QED) is 0.872. The van der Waals surface area contributed by atoms with Crippen LogP contribution in [0.15, 0.2) is 30.5 Å². The summed E-state index contributed by atoms with van der Waals surface area (Å²) in [6.45, 7) is 3.14. The molecule has 1 aliphatic carbocycles. The molecule has 0 atom stereocenters. The van der Waals surface area contributed by atoms with Crippen molar-refractivity contribution in [1.29, 1.82) is 0 Å². The van der Waals surface area contributed by atoms with Gasteiger partial charge in [-0.3, -0.25) is 4.79 Å². The number of benzene rings is 1. The topological polar surface area (TPSA) is 54.3 Å². The number of aliphatic hydroxyl groups is 1. The number of amides is 1. The van der Waals surface area contributed by atoms with Gasteiger partial charge in [0.05, 0.1) is 6.61 Å². The van der Waals surface area contributed by atoms with Crippen LogP contribution in [0.4, 0.5) is 0 Å². The number of para-hydroxylation sites is 1. The summed E-state index contributed by atoms with van der Waals surface area (Å²) in [7, 11) is 0. The van der Waals surface area contributed by atoms with Crippen LogP contribution in [-0.2, 0) is 11.3 Å². The Hall–Kier alpha value is -1.81. The molecule has 2 N–H and O–H groups in total. The van der Waals surface area contributed by atoms with E-state index in [2.05, 4.69) is 18.3 Å². The monoisotopic (exact) mass is 272 g/mol. The van der Waals surface area contributed by atoms with Gasteiger partial charge in [-0.1, -0.05) is 18.2 Å². The lowest BCUT2D eigenvalue weighted by molar-refractivity contribution is -0.121. The highest BCUT2D eigenvalue weighted by Crippen LogP contribution is 2.44. The van der Waals surface area contributed by atoms with Crippen molar-refractivity contribution in [3.8, 4) is 0 Å². The summed E-state index contributed by atoms with van der Waals surface area (Å²) in [6, 6.07) is 8.11. The molecule has 0 bridgehead atoms. The molecule has 1 amide bonds. The van der Waals surface area contributed by atoms with Gasteiger partial charge in [0.1, 0.15) is 6.54 Å². The minimum Gasteiger partial charge on any atom is -0.396 e. The van der Waals surface area contributed by atoms with Crippen LogP contribution in [-0.4, -0.2) is 28.7 Å². The molecule has 4 heteroatoms. The number of fused-ring (bicyclic) bond motifs is 1. The van der Waals surface area contributed by atoms with Crippen molar-refractivity contribution in [3.05, 3.63) is 36.0 Å². The molecule has 1 fully saturated rings. The van der Waals surface area contributed by atoms with E-state index in [1.807, 2.05) is 29.0 Å². The number of hydrogen-bond acceptors (Lipinski definition) is 2. The molecule has 106 valence electrons. The third-order valence-electron chi connectivity index (χ3n) is 4.25. The number of hydrogen-bond donors (Lipinski definition) is 2. The summed E-state index contributed by atoms with van der Waals surface area (Å²) in [5, 5.41) is 13.4. The fourth-order valence-corrected chi connectivity index (χ4v) is 2.63. The van der Waals surface area contributed by atoms with Crippen molar-refractivity contribution in [2.45, 2.75) is 26.3 Å². The van der Waals surface area contributed by atoms with Crippen molar-refractivity contribution in [2.24, 2.45) is 5.41 Å². The maximum absolute atomic E-state index is 12.0. The molecule has 0 saturated heterocycles. The fraction of sp³-hybridized carbons (Fsp3) is 0.438. The zero-order valence-corrected chi connectivity index (χ0v) is 11.7. The lowest BCUT2D eigenvalue weighted by Crippen LogP contribution is -2.34.